The third-order valence-corrected chi connectivity index (χ3v) is 5.03. The third-order valence-electron chi connectivity index (χ3n) is 3.28. The molecule has 1 N–H and O–H groups in total. The van der Waals surface area contributed by atoms with Crippen molar-refractivity contribution >= 4 is 28.6 Å². The minimum atomic E-state index is -0.0103. The lowest BCUT2D eigenvalue weighted by atomic mass is 10.2. The van der Waals surface area contributed by atoms with Crippen molar-refractivity contribution in [1.82, 2.24) is 15.2 Å². The molecule has 5 nitrogen and oxygen atoms in total. The van der Waals surface area contributed by atoms with Crippen molar-refractivity contribution in [2.75, 3.05) is 26.2 Å². The van der Waals surface area contributed by atoms with Gasteiger partial charge in [0.2, 0.25) is 5.91 Å². The second kappa shape index (κ2) is 7.13. The SMILES string of the molecule is O=C(CN1CCO[C@@H](c2nccs2)C1)NCc1cccs1. The third kappa shape index (κ3) is 4.10. The van der Waals surface area contributed by atoms with Crippen molar-refractivity contribution in [3.63, 3.8) is 0 Å². The van der Waals surface area contributed by atoms with Crippen LogP contribution in [0.3, 0.4) is 0 Å². The Morgan fingerprint density at radius 3 is 3.19 bits per heavy atom. The summed E-state index contributed by atoms with van der Waals surface area (Å²) in [5.74, 6) is 0.0585. The molecule has 1 aliphatic heterocycles. The van der Waals surface area contributed by atoms with Crippen LogP contribution in [0, 0.1) is 0 Å². The quantitative estimate of drug-likeness (QED) is 0.913. The van der Waals surface area contributed by atoms with Crippen LogP contribution in [0.25, 0.3) is 0 Å². The molecular weight excluding hydrogens is 306 g/mol. The number of carbonyl (C=O) groups excluding carboxylic acids is 1. The Morgan fingerprint density at radius 1 is 1.48 bits per heavy atom. The lowest BCUT2D eigenvalue weighted by Gasteiger charge is -2.31. The molecule has 3 heterocycles. The van der Waals surface area contributed by atoms with Gasteiger partial charge in [0.05, 0.1) is 19.7 Å². The van der Waals surface area contributed by atoms with Gasteiger partial charge in [0.15, 0.2) is 0 Å². The fourth-order valence-electron chi connectivity index (χ4n) is 2.25. The fraction of sp³-hybridized carbons (Fsp3) is 0.429. The maximum atomic E-state index is 12.0. The molecule has 7 heteroatoms. The second-order valence-electron chi connectivity index (χ2n) is 4.82. The Hall–Kier alpha value is -1.28. The molecule has 0 unspecified atom stereocenters. The molecule has 2 aromatic heterocycles. The Kier molecular flexibility index (Phi) is 4.97. The summed E-state index contributed by atoms with van der Waals surface area (Å²) in [7, 11) is 0. The Morgan fingerprint density at radius 2 is 2.43 bits per heavy atom. The first kappa shape index (κ1) is 14.6. The molecule has 21 heavy (non-hydrogen) atoms. The summed E-state index contributed by atoms with van der Waals surface area (Å²) in [4.78, 5) is 19.6. The lowest BCUT2D eigenvalue weighted by molar-refractivity contribution is -0.124. The van der Waals surface area contributed by atoms with E-state index in [4.69, 9.17) is 4.74 Å². The Balaban J connectivity index is 1.47. The molecule has 112 valence electrons. The molecule has 3 rings (SSSR count). The predicted octanol–water partition coefficient (Wildman–Crippen LogP) is 1.89. The molecule has 1 amide bonds. The van der Waals surface area contributed by atoms with Crippen LogP contribution in [0.1, 0.15) is 16.0 Å². The molecular formula is C14H17N3O2S2. The number of thiophene rings is 1. The maximum absolute atomic E-state index is 12.0. The van der Waals surface area contributed by atoms with Crippen LogP contribution >= 0.6 is 22.7 Å². The molecule has 0 aliphatic carbocycles. The van der Waals surface area contributed by atoms with Gasteiger partial charge in [0, 0.05) is 29.5 Å². The number of morpholine rings is 1. The average molecular weight is 323 g/mol. The van der Waals surface area contributed by atoms with Crippen molar-refractivity contribution < 1.29 is 9.53 Å². The first-order chi connectivity index (χ1) is 10.3. The minimum Gasteiger partial charge on any atom is -0.368 e. The molecule has 1 aliphatic rings. The Bertz CT molecular complexity index is 557. The summed E-state index contributed by atoms with van der Waals surface area (Å²) in [6, 6.07) is 4.02. The highest BCUT2D eigenvalue weighted by molar-refractivity contribution is 7.10. The average Bonchev–Trinajstić information content (AvgIpc) is 3.19. The van der Waals surface area contributed by atoms with E-state index in [0.29, 0.717) is 19.7 Å². The van der Waals surface area contributed by atoms with Gasteiger partial charge in [-0.25, -0.2) is 4.98 Å². The summed E-state index contributed by atoms with van der Waals surface area (Å²) in [6.07, 6.45) is 1.78. The highest BCUT2D eigenvalue weighted by atomic mass is 32.1. The lowest BCUT2D eigenvalue weighted by Crippen LogP contribution is -2.44. The van der Waals surface area contributed by atoms with Gasteiger partial charge < -0.3 is 10.1 Å². The summed E-state index contributed by atoms with van der Waals surface area (Å²) >= 11 is 3.25. The molecule has 0 bridgehead atoms. The predicted molar refractivity (Wildman–Crippen MR) is 83.4 cm³/mol. The molecule has 0 saturated carbocycles. The van der Waals surface area contributed by atoms with Crippen LogP contribution in [-0.4, -0.2) is 42.0 Å². The Labute approximate surface area is 131 Å². The normalized spacial score (nSPS) is 19.5. The van der Waals surface area contributed by atoms with E-state index in [9.17, 15) is 4.79 Å². The van der Waals surface area contributed by atoms with E-state index >= 15 is 0 Å². The van der Waals surface area contributed by atoms with E-state index in [1.165, 1.54) is 4.88 Å². The smallest absolute Gasteiger partial charge is 0.234 e. The zero-order chi connectivity index (χ0) is 14.5. The molecule has 1 atom stereocenters. The van der Waals surface area contributed by atoms with Crippen molar-refractivity contribution in [3.8, 4) is 0 Å². The largest absolute Gasteiger partial charge is 0.368 e. The second-order valence-corrected chi connectivity index (χ2v) is 6.78. The van der Waals surface area contributed by atoms with E-state index in [-0.39, 0.29) is 12.0 Å². The molecule has 0 spiro atoms. The fourth-order valence-corrected chi connectivity index (χ4v) is 3.57. The number of nitrogens with zero attached hydrogens (tertiary/aromatic N) is 2. The monoisotopic (exact) mass is 323 g/mol. The topological polar surface area (TPSA) is 54.5 Å². The van der Waals surface area contributed by atoms with Crippen LogP contribution in [0.5, 0.6) is 0 Å². The maximum Gasteiger partial charge on any atom is 0.234 e. The van der Waals surface area contributed by atoms with Crippen LogP contribution in [0.2, 0.25) is 0 Å². The van der Waals surface area contributed by atoms with Crippen LogP contribution in [0.4, 0.5) is 0 Å². The number of thiazole rings is 1. The van der Waals surface area contributed by atoms with Gasteiger partial charge in [-0.1, -0.05) is 6.07 Å². The van der Waals surface area contributed by atoms with Gasteiger partial charge in [-0.3, -0.25) is 9.69 Å². The van der Waals surface area contributed by atoms with Gasteiger partial charge >= 0.3 is 0 Å². The van der Waals surface area contributed by atoms with Gasteiger partial charge in [0.25, 0.3) is 0 Å². The number of amides is 1. The molecule has 1 fully saturated rings. The van der Waals surface area contributed by atoms with E-state index in [0.717, 1.165) is 18.1 Å². The number of hydrogen-bond acceptors (Lipinski definition) is 6. The van der Waals surface area contributed by atoms with Gasteiger partial charge in [-0.05, 0) is 11.4 Å². The number of hydrogen-bond donors (Lipinski definition) is 1. The standard InChI is InChI=1S/C14H17N3O2S2/c18-13(16-8-11-2-1-6-20-11)10-17-4-5-19-12(9-17)14-15-3-7-21-14/h1-3,6-7,12H,4-5,8-10H2,(H,16,18)/t12-/m1/s1. The van der Waals surface area contributed by atoms with Crippen molar-refractivity contribution in [2.24, 2.45) is 0 Å². The van der Waals surface area contributed by atoms with Gasteiger partial charge in [-0.15, -0.1) is 22.7 Å². The van der Waals surface area contributed by atoms with E-state index in [1.807, 2.05) is 22.9 Å². The van der Waals surface area contributed by atoms with Crippen LogP contribution in [0.15, 0.2) is 29.1 Å². The molecule has 0 radical (unpaired) electrons. The first-order valence-electron chi connectivity index (χ1n) is 6.83. The number of rotatable bonds is 5. The van der Waals surface area contributed by atoms with Crippen LogP contribution in [-0.2, 0) is 16.1 Å². The number of nitrogens with one attached hydrogen (secondary N) is 1. The minimum absolute atomic E-state index is 0.0103. The highest BCUT2D eigenvalue weighted by Crippen LogP contribution is 2.23. The number of ether oxygens (including phenoxy) is 1. The summed E-state index contributed by atoms with van der Waals surface area (Å²) in [5, 5.41) is 7.91. The van der Waals surface area contributed by atoms with Crippen molar-refractivity contribution in [3.05, 3.63) is 39.0 Å². The first-order valence-corrected chi connectivity index (χ1v) is 8.59. The van der Waals surface area contributed by atoms with Crippen LogP contribution < -0.4 is 5.32 Å². The van der Waals surface area contributed by atoms with Gasteiger partial charge in [0.1, 0.15) is 11.1 Å². The highest BCUT2D eigenvalue weighted by Gasteiger charge is 2.24. The molecule has 0 aromatic carbocycles. The summed E-state index contributed by atoms with van der Waals surface area (Å²) < 4.78 is 5.73. The number of aromatic nitrogens is 1. The van der Waals surface area contributed by atoms with Crippen molar-refractivity contribution in [1.29, 1.82) is 0 Å². The van der Waals surface area contributed by atoms with E-state index in [2.05, 4.69) is 15.2 Å². The molecule has 2 aromatic rings. The zero-order valence-electron chi connectivity index (χ0n) is 11.5. The summed E-state index contributed by atoms with van der Waals surface area (Å²) in [5.41, 5.74) is 0. The number of carbonyl (C=O) groups is 1. The van der Waals surface area contributed by atoms with Gasteiger partial charge in [-0.2, -0.15) is 0 Å². The summed E-state index contributed by atoms with van der Waals surface area (Å²) in [6.45, 7) is 3.17. The zero-order valence-corrected chi connectivity index (χ0v) is 13.2. The van der Waals surface area contributed by atoms with E-state index < -0.39 is 0 Å². The van der Waals surface area contributed by atoms with Crippen molar-refractivity contribution in [2.45, 2.75) is 12.6 Å². The molecule has 1 saturated heterocycles. The van der Waals surface area contributed by atoms with E-state index in [1.54, 1.807) is 28.9 Å².